The van der Waals surface area contributed by atoms with E-state index in [1.165, 1.54) is 28.8 Å². The van der Waals surface area contributed by atoms with Crippen molar-refractivity contribution >= 4 is 39.1 Å². The van der Waals surface area contributed by atoms with Crippen molar-refractivity contribution in [3.05, 3.63) is 40.4 Å². The number of aromatic nitrogens is 3. The number of halogens is 2. The maximum absolute atomic E-state index is 13.9. The molecule has 1 atom stereocenters. The smallest absolute Gasteiger partial charge is 0.233 e. The lowest BCUT2D eigenvalue weighted by Crippen LogP contribution is -2.28. The molecule has 1 fully saturated rings. The molecule has 11 heteroatoms. The molecule has 29 heavy (non-hydrogen) atoms. The predicted octanol–water partition coefficient (Wildman–Crippen LogP) is 2.34. The molecule has 0 radical (unpaired) electrons. The third kappa shape index (κ3) is 5.49. The van der Waals surface area contributed by atoms with Gasteiger partial charge < -0.3 is 9.47 Å². The molecule has 1 unspecified atom stereocenters. The Bertz CT molecular complexity index is 992. The van der Waals surface area contributed by atoms with Gasteiger partial charge in [-0.1, -0.05) is 29.4 Å². The Morgan fingerprint density at radius 1 is 1.41 bits per heavy atom. The number of rotatable bonds is 7. The van der Waals surface area contributed by atoms with E-state index in [9.17, 15) is 17.6 Å². The SMILES string of the molecule is CN(Cc1c(F)cccc1Cl)C(=O)CSc1nnc(CC2CCS(=O)(=O)C2)n1C. The van der Waals surface area contributed by atoms with Crippen LogP contribution in [0.5, 0.6) is 0 Å². The lowest BCUT2D eigenvalue weighted by Gasteiger charge is -2.18. The van der Waals surface area contributed by atoms with Crippen molar-refractivity contribution in [2.24, 2.45) is 13.0 Å². The molecule has 0 bridgehead atoms. The van der Waals surface area contributed by atoms with Crippen LogP contribution in [-0.4, -0.2) is 58.3 Å². The number of hydrogen-bond donors (Lipinski definition) is 0. The van der Waals surface area contributed by atoms with E-state index in [2.05, 4.69) is 10.2 Å². The van der Waals surface area contributed by atoms with Gasteiger partial charge in [0.1, 0.15) is 11.6 Å². The minimum absolute atomic E-state index is 0.0547. The van der Waals surface area contributed by atoms with E-state index in [1.54, 1.807) is 24.7 Å². The molecule has 158 valence electrons. The first-order valence-corrected chi connectivity index (χ1v) is 12.2. The van der Waals surface area contributed by atoms with Crippen LogP contribution >= 0.6 is 23.4 Å². The maximum Gasteiger partial charge on any atom is 0.233 e. The van der Waals surface area contributed by atoms with Gasteiger partial charge in [0.2, 0.25) is 5.91 Å². The Morgan fingerprint density at radius 3 is 2.83 bits per heavy atom. The Balaban J connectivity index is 1.56. The quantitative estimate of drug-likeness (QED) is 0.589. The summed E-state index contributed by atoms with van der Waals surface area (Å²) in [6.07, 6.45) is 1.18. The first-order valence-electron chi connectivity index (χ1n) is 9.04. The summed E-state index contributed by atoms with van der Waals surface area (Å²) < 4.78 is 38.9. The molecular formula is C18H22ClFN4O3S2. The van der Waals surface area contributed by atoms with Crippen molar-refractivity contribution in [3.63, 3.8) is 0 Å². The normalized spacial score (nSPS) is 18.1. The van der Waals surface area contributed by atoms with Crippen molar-refractivity contribution in [2.75, 3.05) is 24.3 Å². The molecule has 1 aliphatic heterocycles. The Morgan fingerprint density at radius 2 is 2.17 bits per heavy atom. The standard InChI is InChI=1S/C18H22ClFN4O3S2/c1-23(9-13-14(19)4-3-5-15(13)20)17(25)10-28-18-22-21-16(24(18)2)8-12-6-7-29(26,27)11-12/h3-5,12H,6-11H2,1-2H3. The molecule has 1 aromatic carbocycles. The molecule has 1 aliphatic rings. The van der Waals surface area contributed by atoms with Crippen LogP contribution in [0, 0.1) is 11.7 Å². The molecule has 0 saturated carbocycles. The van der Waals surface area contributed by atoms with E-state index >= 15 is 0 Å². The van der Waals surface area contributed by atoms with Gasteiger partial charge in [-0.2, -0.15) is 0 Å². The number of amides is 1. The van der Waals surface area contributed by atoms with Crippen molar-refractivity contribution in [3.8, 4) is 0 Å². The summed E-state index contributed by atoms with van der Waals surface area (Å²) in [5.41, 5.74) is 0.280. The minimum atomic E-state index is -2.93. The van der Waals surface area contributed by atoms with Gasteiger partial charge in [-0.3, -0.25) is 4.79 Å². The maximum atomic E-state index is 13.9. The van der Waals surface area contributed by atoms with Crippen LogP contribution in [0.15, 0.2) is 23.4 Å². The zero-order valence-corrected chi connectivity index (χ0v) is 18.5. The van der Waals surface area contributed by atoms with Crippen molar-refractivity contribution in [2.45, 2.75) is 24.5 Å². The van der Waals surface area contributed by atoms with Crippen LogP contribution in [0.3, 0.4) is 0 Å². The summed E-state index contributed by atoms with van der Waals surface area (Å²) in [4.78, 5) is 13.8. The second-order valence-corrected chi connectivity index (χ2v) is 10.7. The zero-order chi connectivity index (χ0) is 21.2. The number of benzene rings is 1. The number of carbonyl (C=O) groups excluding carboxylic acids is 1. The Labute approximate surface area is 178 Å². The van der Waals surface area contributed by atoms with Gasteiger partial charge >= 0.3 is 0 Å². The van der Waals surface area contributed by atoms with E-state index in [0.717, 1.165) is 0 Å². The highest BCUT2D eigenvalue weighted by Gasteiger charge is 2.29. The molecule has 0 spiro atoms. The lowest BCUT2D eigenvalue weighted by atomic mass is 10.1. The van der Waals surface area contributed by atoms with E-state index in [-0.39, 0.29) is 46.2 Å². The summed E-state index contributed by atoms with van der Waals surface area (Å²) >= 11 is 7.25. The van der Waals surface area contributed by atoms with Crippen LogP contribution in [0.4, 0.5) is 4.39 Å². The summed E-state index contributed by atoms with van der Waals surface area (Å²) in [7, 11) is 0.458. The van der Waals surface area contributed by atoms with Crippen LogP contribution in [0.1, 0.15) is 17.8 Å². The number of sulfone groups is 1. The fourth-order valence-electron chi connectivity index (χ4n) is 3.18. The van der Waals surface area contributed by atoms with Gasteiger partial charge in [0.05, 0.1) is 17.3 Å². The number of nitrogens with zero attached hydrogens (tertiary/aromatic N) is 4. The van der Waals surface area contributed by atoms with Gasteiger partial charge in [0.25, 0.3) is 0 Å². The second kappa shape index (κ2) is 9.01. The van der Waals surface area contributed by atoms with Gasteiger partial charge in [0, 0.05) is 37.6 Å². The first kappa shape index (κ1) is 22.0. The summed E-state index contributed by atoms with van der Waals surface area (Å²) in [5.74, 6) is 0.644. The molecular weight excluding hydrogens is 439 g/mol. The highest BCUT2D eigenvalue weighted by molar-refractivity contribution is 7.99. The molecule has 1 saturated heterocycles. The molecule has 1 aromatic heterocycles. The average molecular weight is 461 g/mol. The van der Waals surface area contributed by atoms with Gasteiger partial charge in [-0.15, -0.1) is 10.2 Å². The third-order valence-electron chi connectivity index (χ3n) is 4.93. The predicted molar refractivity (Wildman–Crippen MR) is 110 cm³/mol. The zero-order valence-electron chi connectivity index (χ0n) is 16.1. The van der Waals surface area contributed by atoms with Crippen molar-refractivity contribution < 1.29 is 17.6 Å². The topological polar surface area (TPSA) is 85.2 Å². The Hall–Kier alpha value is -1.65. The molecule has 0 aliphatic carbocycles. The molecule has 2 heterocycles. The molecule has 3 rings (SSSR count). The number of hydrogen-bond acceptors (Lipinski definition) is 6. The molecule has 7 nitrogen and oxygen atoms in total. The first-order chi connectivity index (χ1) is 13.7. The Kier molecular flexibility index (Phi) is 6.85. The van der Waals surface area contributed by atoms with Gasteiger partial charge in [-0.25, -0.2) is 12.8 Å². The fraction of sp³-hybridized carbons (Fsp3) is 0.500. The average Bonchev–Trinajstić information content (AvgIpc) is 3.18. The number of carbonyl (C=O) groups is 1. The highest BCUT2D eigenvalue weighted by Crippen LogP contribution is 2.24. The lowest BCUT2D eigenvalue weighted by molar-refractivity contribution is -0.127. The second-order valence-electron chi connectivity index (χ2n) is 7.17. The largest absolute Gasteiger partial charge is 0.341 e. The summed E-state index contributed by atoms with van der Waals surface area (Å²) in [6.45, 7) is 0.0745. The summed E-state index contributed by atoms with van der Waals surface area (Å²) in [6, 6.07) is 4.42. The van der Waals surface area contributed by atoms with Gasteiger partial charge in [-0.05, 0) is 24.5 Å². The van der Waals surface area contributed by atoms with Crippen molar-refractivity contribution in [1.29, 1.82) is 0 Å². The van der Waals surface area contributed by atoms with E-state index < -0.39 is 15.7 Å². The van der Waals surface area contributed by atoms with Crippen molar-refractivity contribution in [1.82, 2.24) is 19.7 Å². The number of thioether (sulfide) groups is 1. The molecule has 2 aromatic rings. The van der Waals surface area contributed by atoms with E-state index in [1.807, 2.05) is 0 Å². The van der Waals surface area contributed by atoms with Crippen LogP contribution < -0.4 is 0 Å². The van der Waals surface area contributed by atoms with E-state index in [4.69, 9.17) is 11.6 Å². The van der Waals surface area contributed by atoms with Crippen LogP contribution in [-0.2, 0) is 34.6 Å². The third-order valence-corrected chi connectivity index (χ3v) is 8.13. The minimum Gasteiger partial charge on any atom is -0.341 e. The fourth-order valence-corrected chi connectivity index (χ4v) is 6.14. The molecule has 0 N–H and O–H groups in total. The van der Waals surface area contributed by atoms with Crippen LogP contribution in [0.2, 0.25) is 5.02 Å². The summed E-state index contributed by atoms with van der Waals surface area (Å²) in [5, 5.41) is 9.12. The van der Waals surface area contributed by atoms with E-state index in [0.29, 0.717) is 23.8 Å². The highest BCUT2D eigenvalue weighted by atomic mass is 35.5. The van der Waals surface area contributed by atoms with Crippen LogP contribution in [0.25, 0.3) is 0 Å². The monoisotopic (exact) mass is 460 g/mol. The molecule has 1 amide bonds. The van der Waals surface area contributed by atoms with Gasteiger partial charge in [0.15, 0.2) is 15.0 Å².